The number of morpholine rings is 1. The molecule has 0 unspecified atom stereocenters. The molecule has 19 heavy (non-hydrogen) atoms. The summed E-state index contributed by atoms with van der Waals surface area (Å²) in [6.07, 6.45) is 6.01. The molecule has 0 radical (unpaired) electrons. The van der Waals surface area contributed by atoms with E-state index in [0.29, 0.717) is 0 Å². The predicted molar refractivity (Wildman–Crippen MR) is 77.4 cm³/mol. The molecule has 0 amide bonds. The zero-order valence-electron chi connectivity index (χ0n) is 11.6. The minimum Gasteiger partial charge on any atom is -0.495 e. The van der Waals surface area contributed by atoms with Crippen molar-refractivity contribution in [3.63, 3.8) is 0 Å². The maximum atomic E-state index is 5.31. The van der Waals surface area contributed by atoms with Crippen molar-refractivity contribution in [1.82, 2.24) is 0 Å². The van der Waals surface area contributed by atoms with Crippen LogP contribution in [-0.2, 0) is 4.74 Å². The highest BCUT2D eigenvalue weighted by molar-refractivity contribution is 5.68. The fraction of sp³-hybridized carbons (Fsp3) is 0.400. The number of nitrogens with zero attached hydrogens (tertiary/aromatic N) is 1. The van der Waals surface area contributed by atoms with E-state index >= 15 is 0 Å². The van der Waals surface area contributed by atoms with Crippen LogP contribution in [0.1, 0.15) is 5.56 Å². The number of rotatable bonds is 4. The predicted octanol–water partition coefficient (Wildman–Crippen LogP) is 2.04. The first kappa shape index (κ1) is 13.6. The molecular weight excluding hydrogens is 240 g/mol. The van der Waals surface area contributed by atoms with Gasteiger partial charge in [0.2, 0.25) is 0 Å². The molecule has 102 valence electrons. The van der Waals surface area contributed by atoms with Crippen LogP contribution in [0.25, 0.3) is 0 Å². The fourth-order valence-electron chi connectivity index (χ4n) is 1.96. The van der Waals surface area contributed by atoms with Crippen LogP contribution in [0.3, 0.4) is 0 Å². The molecule has 0 saturated carbocycles. The third-order valence-electron chi connectivity index (χ3n) is 3.03. The molecule has 0 bridgehead atoms. The summed E-state index contributed by atoms with van der Waals surface area (Å²) in [6.45, 7) is 5.59. The Hall–Kier alpha value is -1.81. The Labute approximate surface area is 114 Å². The zero-order valence-corrected chi connectivity index (χ0v) is 11.6. The Morgan fingerprint density at radius 3 is 2.84 bits per heavy atom. The second-order valence-electron chi connectivity index (χ2n) is 4.50. The summed E-state index contributed by atoms with van der Waals surface area (Å²) in [6, 6.07) is 6.07. The summed E-state index contributed by atoms with van der Waals surface area (Å²) in [7, 11) is 1.68. The van der Waals surface area contributed by atoms with Crippen molar-refractivity contribution in [2.24, 2.45) is 0 Å². The number of nitrogens with one attached hydrogen (secondary N) is 1. The number of ether oxygens (including phenoxy) is 2. The lowest BCUT2D eigenvalue weighted by atomic mass is 10.2. The number of aryl methyl sites for hydroxylation is 1. The zero-order chi connectivity index (χ0) is 13.5. The van der Waals surface area contributed by atoms with Crippen molar-refractivity contribution >= 4 is 11.9 Å². The Kier molecular flexibility index (Phi) is 4.98. The molecule has 1 aliphatic rings. The van der Waals surface area contributed by atoms with Gasteiger partial charge in [-0.2, -0.15) is 0 Å². The second kappa shape index (κ2) is 6.95. The average Bonchev–Trinajstić information content (AvgIpc) is 2.45. The highest BCUT2D eigenvalue weighted by atomic mass is 16.5. The molecule has 0 atom stereocenters. The Balaban J connectivity index is 1.96. The lowest BCUT2D eigenvalue weighted by molar-refractivity contribution is -0.544. The van der Waals surface area contributed by atoms with Crippen molar-refractivity contribution in [3.8, 4) is 5.75 Å². The Morgan fingerprint density at radius 1 is 1.32 bits per heavy atom. The molecule has 0 aliphatic carbocycles. The molecule has 1 fully saturated rings. The van der Waals surface area contributed by atoms with Crippen LogP contribution in [0.2, 0.25) is 0 Å². The molecule has 1 aromatic carbocycles. The summed E-state index contributed by atoms with van der Waals surface area (Å²) >= 11 is 0. The fourth-order valence-corrected chi connectivity index (χ4v) is 1.96. The number of hydrogen-bond donors (Lipinski definition) is 1. The maximum Gasteiger partial charge on any atom is 0.166 e. The van der Waals surface area contributed by atoms with Crippen molar-refractivity contribution in [1.29, 1.82) is 0 Å². The van der Waals surface area contributed by atoms with Gasteiger partial charge < -0.3 is 14.8 Å². The minimum atomic E-state index is 0.809. The van der Waals surface area contributed by atoms with E-state index in [4.69, 9.17) is 9.47 Å². The molecule has 2 rings (SSSR count). The highest BCUT2D eigenvalue weighted by Gasteiger charge is 2.08. The average molecular weight is 261 g/mol. The van der Waals surface area contributed by atoms with Crippen molar-refractivity contribution in [2.45, 2.75) is 6.92 Å². The van der Waals surface area contributed by atoms with Gasteiger partial charge in [0, 0.05) is 12.3 Å². The van der Waals surface area contributed by atoms with Crippen molar-refractivity contribution < 1.29 is 14.0 Å². The lowest BCUT2D eigenvalue weighted by Gasteiger charge is -2.10. The summed E-state index contributed by atoms with van der Waals surface area (Å²) < 4.78 is 12.9. The van der Waals surface area contributed by atoms with Crippen LogP contribution in [0, 0.1) is 6.92 Å². The van der Waals surface area contributed by atoms with Crippen LogP contribution >= 0.6 is 0 Å². The smallest absolute Gasteiger partial charge is 0.166 e. The number of methoxy groups -OCH3 is 1. The minimum absolute atomic E-state index is 0.809. The number of hydrogen-bond acceptors (Lipinski definition) is 3. The van der Waals surface area contributed by atoms with Crippen LogP contribution in [0.4, 0.5) is 5.69 Å². The van der Waals surface area contributed by atoms with Gasteiger partial charge in [0.1, 0.15) is 19.0 Å². The highest BCUT2D eigenvalue weighted by Crippen LogP contribution is 2.24. The first-order chi connectivity index (χ1) is 9.29. The van der Waals surface area contributed by atoms with Gasteiger partial charge in [-0.05, 0) is 24.6 Å². The first-order valence-corrected chi connectivity index (χ1v) is 6.52. The van der Waals surface area contributed by atoms with Gasteiger partial charge in [-0.3, -0.25) is 0 Å². The normalized spacial score (nSPS) is 15.6. The van der Waals surface area contributed by atoms with Gasteiger partial charge in [0.25, 0.3) is 0 Å². The second-order valence-corrected chi connectivity index (χ2v) is 4.50. The van der Waals surface area contributed by atoms with E-state index in [9.17, 15) is 0 Å². The van der Waals surface area contributed by atoms with Gasteiger partial charge in [-0.1, -0.05) is 6.07 Å². The van der Waals surface area contributed by atoms with Crippen LogP contribution in [0.15, 0.2) is 30.5 Å². The van der Waals surface area contributed by atoms with Gasteiger partial charge in [0.15, 0.2) is 19.3 Å². The summed E-state index contributed by atoms with van der Waals surface area (Å²) in [5.74, 6) is 0.849. The van der Waals surface area contributed by atoms with E-state index in [0.717, 1.165) is 37.7 Å². The molecule has 1 aromatic rings. The quantitative estimate of drug-likeness (QED) is 0.842. The van der Waals surface area contributed by atoms with Gasteiger partial charge in [0.05, 0.1) is 12.8 Å². The standard InChI is InChI=1S/C15H20N2O2/c1-13-4-5-15(18-2)14(12-13)16-6-3-7-17-8-10-19-11-9-17/h3-7,12H,8-11H2,1-2H3/p+1. The molecule has 4 heteroatoms. The molecule has 1 N–H and O–H groups in total. The van der Waals surface area contributed by atoms with E-state index in [2.05, 4.69) is 29.1 Å². The van der Waals surface area contributed by atoms with E-state index < -0.39 is 0 Å². The third kappa shape index (κ3) is 4.10. The van der Waals surface area contributed by atoms with Gasteiger partial charge in [-0.25, -0.2) is 4.58 Å². The van der Waals surface area contributed by atoms with Crippen molar-refractivity contribution in [2.75, 3.05) is 38.7 Å². The number of benzene rings is 1. The van der Waals surface area contributed by atoms with Crippen LogP contribution < -0.4 is 10.1 Å². The lowest BCUT2D eigenvalue weighted by Crippen LogP contribution is -2.28. The molecule has 4 nitrogen and oxygen atoms in total. The number of anilines is 1. The van der Waals surface area contributed by atoms with E-state index in [1.165, 1.54) is 5.56 Å². The maximum absolute atomic E-state index is 5.31. The van der Waals surface area contributed by atoms with E-state index in [1.807, 2.05) is 24.4 Å². The van der Waals surface area contributed by atoms with E-state index in [-0.39, 0.29) is 0 Å². The summed E-state index contributed by atoms with van der Waals surface area (Å²) in [4.78, 5) is 0. The molecule has 1 saturated heterocycles. The molecular formula is C15H21N2O2+. The van der Waals surface area contributed by atoms with Crippen LogP contribution in [-0.4, -0.2) is 44.2 Å². The molecule has 1 aliphatic heterocycles. The number of allylic oxidation sites excluding steroid dienone is 1. The van der Waals surface area contributed by atoms with Crippen LogP contribution in [0.5, 0.6) is 5.75 Å². The first-order valence-electron chi connectivity index (χ1n) is 6.52. The molecule has 0 aromatic heterocycles. The Morgan fingerprint density at radius 2 is 2.11 bits per heavy atom. The Bertz CT molecular complexity index is 473. The summed E-state index contributed by atoms with van der Waals surface area (Å²) in [5.41, 5.74) is 2.18. The molecule has 0 spiro atoms. The van der Waals surface area contributed by atoms with E-state index in [1.54, 1.807) is 7.11 Å². The third-order valence-corrected chi connectivity index (χ3v) is 3.03. The summed E-state index contributed by atoms with van der Waals surface area (Å²) in [5, 5.41) is 3.25. The monoisotopic (exact) mass is 261 g/mol. The topological polar surface area (TPSA) is 33.5 Å². The van der Waals surface area contributed by atoms with Gasteiger partial charge >= 0.3 is 0 Å². The largest absolute Gasteiger partial charge is 0.495 e. The van der Waals surface area contributed by atoms with Gasteiger partial charge in [-0.15, -0.1) is 0 Å². The molecule has 1 heterocycles. The SMILES string of the molecule is COc1ccc(C)cc1N/C=C/C=[N+]1CCOCC1. The van der Waals surface area contributed by atoms with Crippen molar-refractivity contribution in [3.05, 3.63) is 36.0 Å².